The minimum absolute atomic E-state index is 0.0374. The second-order valence-corrected chi connectivity index (χ2v) is 13.2. The van der Waals surface area contributed by atoms with E-state index in [0.717, 1.165) is 22.9 Å². The first-order valence-electron chi connectivity index (χ1n) is 15.5. The lowest BCUT2D eigenvalue weighted by molar-refractivity contribution is -0.00138. The Labute approximate surface area is 278 Å². The molecule has 3 aromatic rings. The van der Waals surface area contributed by atoms with Crippen molar-refractivity contribution in [2.75, 3.05) is 59.0 Å². The van der Waals surface area contributed by atoms with Gasteiger partial charge in [-0.25, -0.2) is 4.79 Å². The molecule has 0 bridgehead atoms. The van der Waals surface area contributed by atoms with Crippen LogP contribution in [0, 0.1) is 0 Å². The summed E-state index contributed by atoms with van der Waals surface area (Å²) in [6.45, 7) is 8.47. The fraction of sp³-hybridized carbons (Fsp3) is 0.457. The van der Waals surface area contributed by atoms with Crippen LogP contribution in [0.25, 0.3) is 0 Å². The van der Waals surface area contributed by atoms with E-state index in [1.54, 1.807) is 4.90 Å². The molecule has 258 valence electrons. The second-order valence-electron chi connectivity index (χ2n) is 11.6. The van der Waals surface area contributed by atoms with E-state index in [4.69, 9.17) is 28.4 Å². The molecule has 0 N–H and O–H groups in total. The lowest BCUT2D eigenvalue weighted by atomic mass is 10.1. The van der Waals surface area contributed by atoms with Gasteiger partial charge in [0.15, 0.2) is 11.5 Å². The highest BCUT2D eigenvalue weighted by atomic mass is 32.2. The van der Waals surface area contributed by atoms with Crippen LogP contribution in [0.15, 0.2) is 78.9 Å². The molecule has 47 heavy (non-hydrogen) atoms. The Bertz CT molecular complexity index is 1430. The van der Waals surface area contributed by atoms with Crippen LogP contribution in [-0.4, -0.2) is 84.1 Å². The summed E-state index contributed by atoms with van der Waals surface area (Å²) in [5.74, 6) is 1.18. The molecule has 0 aromatic heterocycles. The molecular formula is C35H47NO10S. The van der Waals surface area contributed by atoms with Crippen LogP contribution in [0.3, 0.4) is 0 Å². The summed E-state index contributed by atoms with van der Waals surface area (Å²) in [4.78, 5) is 14.8. The van der Waals surface area contributed by atoms with Crippen molar-refractivity contribution in [3.63, 3.8) is 0 Å². The van der Waals surface area contributed by atoms with Crippen molar-refractivity contribution in [2.45, 2.75) is 46.1 Å². The van der Waals surface area contributed by atoms with Gasteiger partial charge in [-0.05, 0) is 49.6 Å². The zero-order valence-electron chi connectivity index (χ0n) is 27.7. The molecule has 0 unspecified atom stereocenters. The summed E-state index contributed by atoms with van der Waals surface area (Å²) in [6.07, 6.45) is 0.535. The lowest BCUT2D eigenvalue weighted by Gasteiger charge is -2.27. The van der Waals surface area contributed by atoms with Crippen LogP contribution >= 0.6 is 0 Å². The molecule has 3 aromatic carbocycles. The van der Waals surface area contributed by atoms with Gasteiger partial charge in [-0.1, -0.05) is 66.7 Å². The van der Waals surface area contributed by atoms with E-state index in [1.165, 1.54) is 0 Å². The molecule has 0 aliphatic carbocycles. The Morgan fingerprint density at radius 1 is 0.660 bits per heavy atom. The maximum Gasteiger partial charge on any atom is 0.410 e. The topological polar surface area (TPSA) is 119 Å². The highest BCUT2D eigenvalue weighted by molar-refractivity contribution is 7.85. The fourth-order valence-electron chi connectivity index (χ4n) is 4.10. The van der Waals surface area contributed by atoms with E-state index >= 15 is 0 Å². The average molecular weight is 674 g/mol. The van der Waals surface area contributed by atoms with Gasteiger partial charge in [0.1, 0.15) is 18.8 Å². The van der Waals surface area contributed by atoms with Gasteiger partial charge in [0.2, 0.25) is 0 Å². The van der Waals surface area contributed by atoms with E-state index in [9.17, 15) is 13.2 Å². The highest BCUT2D eigenvalue weighted by Crippen LogP contribution is 2.31. The number of carbonyl (C=O) groups is 1. The standard InChI is InChI=1S/C35H47NO10S/c1-35(2,3)46-34(37)36(17-18-40-19-20-41-21-22-42-23-24-45-47(4,38)39)26-31-15-16-32(43-27-29-11-7-5-8-12-29)33(25-31)44-28-30-13-9-6-10-14-30/h5-16,25H,17-24,26-28H2,1-4H3. The number of hydrogen-bond donors (Lipinski definition) is 0. The number of nitrogens with zero attached hydrogens (tertiary/aromatic N) is 1. The van der Waals surface area contributed by atoms with Crippen molar-refractivity contribution in [1.29, 1.82) is 0 Å². The minimum atomic E-state index is -3.47. The molecule has 0 fully saturated rings. The Morgan fingerprint density at radius 2 is 1.17 bits per heavy atom. The molecule has 0 saturated heterocycles. The summed E-state index contributed by atoms with van der Waals surface area (Å²) in [7, 11) is -3.47. The molecule has 3 rings (SSSR count). The lowest BCUT2D eigenvalue weighted by Crippen LogP contribution is -2.38. The summed E-state index contributed by atoms with van der Waals surface area (Å²) >= 11 is 0. The normalized spacial score (nSPS) is 11.7. The smallest absolute Gasteiger partial charge is 0.410 e. The third-order valence-corrected chi connectivity index (χ3v) is 6.88. The van der Waals surface area contributed by atoms with Crippen molar-refractivity contribution >= 4 is 16.2 Å². The third kappa shape index (κ3) is 16.6. The van der Waals surface area contributed by atoms with Crippen LogP contribution in [0.5, 0.6) is 11.5 Å². The molecule has 11 nitrogen and oxygen atoms in total. The van der Waals surface area contributed by atoms with E-state index in [2.05, 4.69) is 4.18 Å². The minimum Gasteiger partial charge on any atom is -0.485 e. The predicted molar refractivity (Wildman–Crippen MR) is 178 cm³/mol. The van der Waals surface area contributed by atoms with Gasteiger partial charge in [-0.15, -0.1) is 0 Å². The maximum absolute atomic E-state index is 13.2. The van der Waals surface area contributed by atoms with Gasteiger partial charge in [0, 0.05) is 13.1 Å². The van der Waals surface area contributed by atoms with Crippen LogP contribution in [0.1, 0.15) is 37.5 Å². The zero-order valence-corrected chi connectivity index (χ0v) is 28.5. The van der Waals surface area contributed by atoms with E-state index in [1.807, 2.05) is 99.6 Å². The predicted octanol–water partition coefficient (Wildman–Crippen LogP) is 5.61. The van der Waals surface area contributed by atoms with Gasteiger partial charge >= 0.3 is 6.09 Å². The molecule has 0 radical (unpaired) electrons. The number of ether oxygens (including phenoxy) is 6. The molecule has 0 aliphatic rings. The fourth-order valence-corrected chi connectivity index (χ4v) is 4.47. The Balaban J connectivity index is 1.55. The van der Waals surface area contributed by atoms with Gasteiger partial charge in [0.25, 0.3) is 10.1 Å². The Hall–Kier alpha value is -3.68. The first-order valence-corrected chi connectivity index (χ1v) is 17.3. The Morgan fingerprint density at radius 3 is 1.70 bits per heavy atom. The second kappa shape index (κ2) is 19.9. The summed E-state index contributed by atoms with van der Waals surface area (Å²) in [6, 6.07) is 25.5. The third-order valence-electron chi connectivity index (χ3n) is 6.28. The first-order chi connectivity index (χ1) is 22.5. The van der Waals surface area contributed by atoms with Crippen LogP contribution in [0.2, 0.25) is 0 Å². The number of rotatable bonds is 21. The van der Waals surface area contributed by atoms with E-state index in [0.29, 0.717) is 57.7 Å². The number of amides is 1. The highest BCUT2D eigenvalue weighted by Gasteiger charge is 2.23. The average Bonchev–Trinajstić information content (AvgIpc) is 3.02. The quantitative estimate of drug-likeness (QED) is 0.104. The molecule has 1 amide bonds. The van der Waals surface area contributed by atoms with Crippen molar-refractivity contribution in [3.05, 3.63) is 95.6 Å². The summed E-state index contributed by atoms with van der Waals surface area (Å²) < 4.78 is 61.0. The van der Waals surface area contributed by atoms with Crippen LogP contribution in [-0.2, 0) is 53.0 Å². The molecule has 0 atom stereocenters. The number of carbonyl (C=O) groups excluding carboxylic acids is 1. The Kier molecular flexibility index (Phi) is 16.0. The monoisotopic (exact) mass is 673 g/mol. The zero-order chi connectivity index (χ0) is 34.0. The van der Waals surface area contributed by atoms with Gasteiger partial charge < -0.3 is 33.3 Å². The molecule has 0 heterocycles. The summed E-state index contributed by atoms with van der Waals surface area (Å²) in [5.41, 5.74) is 2.24. The first kappa shape index (κ1) is 37.8. The van der Waals surface area contributed by atoms with Crippen LogP contribution < -0.4 is 9.47 Å². The van der Waals surface area contributed by atoms with Gasteiger partial charge in [0.05, 0.1) is 52.5 Å². The van der Waals surface area contributed by atoms with Crippen molar-refractivity contribution < 1.29 is 45.8 Å². The van der Waals surface area contributed by atoms with E-state index < -0.39 is 21.8 Å². The van der Waals surface area contributed by atoms with E-state index in [-0.39, 0.29) is 26.4 Å². The van der Waals surface area contributed by atoms with Crippen molar-refractivity contribution in [3.8, 4) is 11.5 Å². The van der Waals surface area contributed by atoms with Gasteiger partial charge in [-0.3, -0.25) is 4.18 Å². The van der Waals surface area contributed by atoms with Crippen LogP contribution in [0.4, 0.5) is 4.79 Å². The van der Waals surface area contributed by atoms with Crippen molar-refractivity contribution in [1.82, 2.24) is 4.90 Å². The maximum atomic E-state index is 13.2. The SMILES string of the molecule is CC(C)(C)OC(=O)N(CCOCCOCCOCCOS(C)(=O)=O)Cc1ccc(OCc2ccccc2)c(OCc2ccccc2)c1. The molecule has 12 heteroatoms. The largest absolute Gasteiger partial charge is 0.485 e. The molecule has 0 aliphatic heterocycles. The molecular weight excluding hydrogens is 626 g/mol. The van der Waals surface area contributed by atoms with Crippen molar-refractivity contribution in [2.24, 2.45) is 0 Å². The number of benzene rings is 3. The molecule has 0 spiro atoms. The summed E-state index contributed by atoms with van der Waals surface area (Å²) in [5, 5.41) is 0. The number of hydrogen-bond acceptors (Lipinski definition) is 10. The molecule has 0 saturated carbocycles. The van der Waals surface area contributed by atoms with Gasteiger partial charge in [-0.2, -0.15) is 8.42 Å².